The van der Waals surface area contributed by atoms with Crippen molar-refractivity contribution in [3.63, 3.8) is 0 Å². The number of Topliss-reactive ketones (excluding diaryl/α,β-unsaturated/α-hetero) is 1. The van der Waals surface area contributed by atoms with Crippen molar-refractivity contribution in [3.8, 4) is 11.8 Å². The summed E-state index contributed by atoms with van der Waals surface area (Å²) in [6.45, 7) is 8.73. The topological polar surface area (TPSA) is 29.1 Å². The molecule has 1 aliphatic heterocycles. The van der Waals surface area contributed by atoms with Gasteiger partial charge in [-0.25, -0.2) is 0 Å². The summed E-state index contributed by atoms with van der Waals surface area (Å²) >= 11 is 0. The van der Waals surface area contributed by atoms with E-state index in [1.807, 2.05) is 31.3 Å². The van der Waals surface area contributed by atoms with E-state index in [1.54, 1.807) is 0 Å². The van der Waals surface area contributed by atoms with Gasteiger partial charge in [0.2, 0.25) is 0 Å². The van der Waals surface area contributed by atoms with Crippen molar-refractivity contribution in [3.05, 3.63) is 106 Å². The van der Waals surface area contributed by atoms with E-state index in [0.29, 0.717) is 6.04 Å². The Morgan fingerprint density at radius 2 is 1.79 bits per heavy atom. The van der Waals surface area contributed by atoms with Crippen molar-refractivity contribution in [1.82, 2.24) is 5.32 Å². The SMILES string of the molecule is CCc1cc(C(C)C(=O)c2ccc(C)c(C#CC3=CNC4C=CC=CC34)c2)ccc1CC1CCC(C)CC1. The van der Waals surface area contributed by atoms with Crippen molar-refractivity contribution >= 4 is 5.78 Å². The van der Waals surface area contributed by atoms with Crippen molar-refractivity contribution in [2.24, 2.45) is 17.8 Å². The van der Waals surface area contributed by atoms with E-state index in [9.17, 15) is 4.79 Å². The van der Waals surface area contributed by atoms with Gasteiger partial charge in [0.05, 0.1) is 6.04 Å². The monoisotopic (exact) mass is 503 g/mol. The van der Waals surface area contributed by atoms with Gasteiger partial charge in [0.15, 0.2) is 5.78 Å². The van der Waals surface area contributed by atoms with Gasteiger partial charge in [-0.1, -0.05) is 100 Å². The molecule has 1 saturated carbocycles. The van der Waals surface area contributed by atoms with Crippen LogP contribution in [0.5, 0.6) is 0 Å². The second-order valence-electron chi connectivity index (χ2n) is 11.7. The first kappa shape index (κ1) is 26.3. The van der Waals surface area contributed by atoms with Crippen LogP contribution in [0.1, 0.15) is 90.5 Å². The third kappa shape index (κ3) is 5.73. The van der Waals surface area contributed by atoms with Crippen LogP contribution in [0.3, 0.4) is 0 Å². The van der Waals surface area contributed by atoms with E-state index < -0.39 is 0 Å². The van der Waals surface area contributed by atoms with Crippen LogP contribution in [0.15, 0.2) is 72.5 Å². The first-order valence-electron chi connectivity index (χ1n) is 14.5. The summed E-state index contributed by atoms with van der Waals surface area (Å²) in [7, 11) is 0. The summed E-state index contributed by atoms with van der Waals surface area (Å²) in [5, 5.41) is 3.40. The third-order valence-corrected chi connectivity index (χ3v) is 8.94. The Labute approximate surface area is 229 Å². The van der Waals surface area contributed by atoms with Gasteiger partial charge >= 0.3 is 0 Å². The van der Waals surface area contributed by atoms with E-state index >= 15 is 0 Å². The molecular formula is C36H41NO. The maximum absolute atomic E-state index is 13.6. The molecule has 1 N–H and O–H groups in total. The molecule has 3 aliphatic rings. The fraction of sp³-hybridized carbons (Fsp3) is 0.417. The highest BCUT2D eigenvalue weighted by molar-refractivity contribution is 6.01. The van der Waals surface area contributed by atoms with E-state index in [1.165, 1.54) is 43.2 Å². The Morgan fingerprint density at radius 1 is 1.00 bits per heavy atom. The summed E-state index contributed by atoms with van der Waals surface area (Å²) in [6.07, 6.45) is 18.2. The zero-order chi connectivity index (χ0) is 26.6. The second kappa shape index (κ2) is 11.6. The molecule has 3 atom stereocenters. The lowest BCUT2D eigenvalue weighted by molar-refractivity contribution is 0.0966. The molecule has 1 heterocycles. The van der Waals surface area contributed by atoms with E-state index in [2.05, 4.69) is 80.4 Å². The molecule has 0 amide bonds. The number of ketones is 1. The van der Waals surface area contributed by atoms with Crippen molar-refractivity contribution in [2.45, 2.75) is 78.2 Å². The van der Waals surface area contributed by atoms with Gasteiger partial charge in [0.25, 0.3) is 0 Å². The summed E-state index contributed by atoms with van der Waals surface area (Å²) in [5.74, 6) is 8.69. The average molecular weight is 504 g/mol. The minimum absolute atomic E-state index is 0.159. The molecule has 2 aromatic carbocycles. The first-order chi connectivity index (χ1) is 18.4. The Bertz CT molecular complexity index is 1340. The van der Waals surface area contributed by atoms with Crippen LogP contribution in [-0.4, -0.2) is 11.8 Å². The lowest BCUT2D eigenvalue weighted by atomic mass is 9.79. The third-order valence-electron chi connectivity index (χ3n) is 8.94. The smallest absolute Gasteiger partial charge is 0.170 e. The average Bonchev–Trinajstić information content (AvgIpc) is 3.36. The molecule has 0 radical (unpaired) electrons. The quantitative estimate of drug-likeness (QED) is 0.321. The molecule has 5 rings (SSSR count). The Balaban J connectivity index is 1.31. The number of carbonyl (C=O) groups is 1. The van der Waals surface area contributed by atoms with Crippen LogP contribution in [-0.2, 0) is 12.8 Å². The van der Waals surface area contributed by atoms with E-state index in [0.717, 1.165) is 46.1 Å². The van der Waals surface area contributed by atoms with Crippen molar-refractivity contribution in [2.75, 3.05) is 0 Å². The zero-order valence-corrected chi connectivity index (χ0v) is 23.4. The molecule has 2 aliphatic carbocycles. The van der Waals surface area contributed by atoms with Gasteiger partial charge in [-0.15, -0.1) is 0 Å². The minimum atomic E-state index is -0.185. The normalized spacial score (nSPS) is 24.6. The Hall–Kier alpha value is -3.31. The van der Waals surface area contributed by atoms with Crippen LogP contribution < -0.4 is 5.32 Å². The largest absolute Gasteiger partial charge is 0.383 e. The maximum Gasteiger partial charge on any atom is 0.170 e. The van der Waals surface area contributed by atoms with Crippen LogP contribution >= 0.6 is 0 Å². The zero-order valence-electron chi connectivity index (χ0n) is 23.4. The second-order valence-corrected chi connectivity index (χ2v) is 11.7. The van der Waals surface area contributed by atoms with Crippen LogP contribution in [0.25, 0.3) is 0 Å². The molecular weight excluding hydrogens is 462 g/mol. The number of fused-ring (bicyclic) bond motifs is 1. The molecule has 2 nitrogen and oxygen atoms in total. The first-order valence-corrected chi connectivity index (χ1v) is 14.5. The summed E-state index contributed by atoms with van der Waals surface area (Å²) < 4.78 is 0. The number of allylic oxidation sites excluding steroid dienone is 2. The fourth-order valence-electron chi connectivity index (χ4n) is 6.20. The number of aryl methyl sites for hydroxylation is 2. The molecule has 0 aromatic heterocycles. The van der Waals surface area contributed by atoms with Gasteiger partial charge in [-0.3, -0.25) is 4.79 Å². The molecule has 0 bridgehead atoms. The Kier molecular flexibility index (Phi) is 8.04. The lowest BCUT2D eigenvalue weighted by Gasteiger charge is -2.27. The summed E-state index contributed by atoms with van der Waals surface area (Å²) in [4.78, 5) is 13.6. The Morgan fingerprint density at radius 3 is 2.58 bits per heavy atom. The predicted octanol–water partition coefficient (Wildman–Crippen LogP) is 7.86. The highest BCUT2D eigenvalue weighted by atomic mass is 16.1. The highest BCUT2D eigenvalue weighted by Crippen LogP contribution is 2.33. The number of carbonyl (C=O) groups excluding carboxylic acids is 1. The molecule has 2 aromatic rings. The number of benzene rings is 2. The van der Waals surface area contributed by atoms with Crippen LogP contribution in [0.4, 0.5) is 0 Å². The van der Waals surface area contributed by atoms with E-state index in [4.69, 9.17) is 0 Å². The predicted molar refractivity (Wildman–Crippen MR) is 158 cm³/mol. The van der Waals surface area contributed by atoms with Gasteiger partial charge in [0, 0.05) is 34.7 Å². The molecule has 196 valence electrons. The minimum Gasteiger partial charge on any atom is -0.383 e. The maximum atomic E-state index is 13.6. The van der Waals surface area contributed by atoms with Gasteiger partial charge < -0.3 is 5.32 Å². The number of hydrogen-bond donors (Lipinski definition) is 1. The number of nitrogens with one attached hydrogen (secondary N) is 1. The number of rotatable bonds is 6. The standard InChI is InChI=1S/C36H41NO/c1-5-28-21-30(17-18-31(28)20-27-13-10-24(2)11-14-27)26(4)36(38)32-15-12-25(3)29(22-32)16-19-33-23-37-35-9-7-6-8-34(33)35/h6-9,12,15,17-18,21-24,26-27,34-35,37H,5,10-11,13-14,20H2,1-4H3. The highest BCUT2D eigenvalue weighted by Gasteiger charge is 2.26. The molecule has 0 saturated heterocycles. The van der Waals surface area contributed by atoms with Gasteiger partial charge in [0.1, 0.15) is 0 Å². The van der Waals surface area contributed by atoms with Crippen molar-refractivity contribution in [1.29, 1.82) is 0 Å². The van der Waals surface area contributed by atoms with Crippen LogP contribution in [0, 0.1) is 36.5 Å². The van der Waals surface area contributed by atoms with Crippen LogP contribution in [0.2, 0.25) is 0 Å². The molecule has 3 unspecified atom stereocenters. The summed E-state index contributed by atoms with van der Waals surface area (Å²) in [6, 6.07) is 13.1. The van der Waals surface area contributed by atoms with Gasteiger partial charge in [-0.2, -0.15) is 0 Å². The lowest BCUT2D eigenvalue weighted by Crippen LogP contribution is -2.24. The molecule has 2 heteroatoms. The molecule has 0 spiro atoms. The molecule has 38 heavy (non-hydrogen) atoms. The van der Waals surface area contributed by atoms with Gasteiger partial charge in [-0.05, 0) is 72.8 Å². The van der Waals surface area contributed by atoms with Crippen molar-refractivity contribution < 1.29 is 4.79 Å². The fourth-order valence-corrected chi connectivity index (χ4v) is 6.20. The number of hydrogen-bond acceptors (Lipinski definition) is 2. The summed E-state index contributed by atoms with van der Waals surface area (Å²) in [5.41, 5.74) is 7.85. The van der Waals surface area contributed by atoms with E-state index in [-0.39, 0.29) is 17.6 Å². The molecule has 1 fully saturated rings.